The van der Waals surface area contributed by atoms with Crippen molar-refractivity contribution in [2.24, 2.45) is 5.92 Å². The molecule has 1 saturated heterocycles. The molecule has 0 aromatic heterocycles. The van der Waals surface area contributed by atoms with Crippen LogP contribution in [0.2, 0.25) is 0 Å². The molecule has 1 aliphatic heterocycles. The van der Waals surface area contributed by atoms with Crippen molar-refractivity contribution in [2.45, 2.75) is 45.6 Å². The Morgan fingerprint density at radius 3 is 2.43 bits per heavy atom. The lowest BCUT2D eigenvalue weighted by Gasteiger charge is -2.33. The second kappa shape index (κ2) is 9.73. The molecule has 0 spiro atoms. The van der Waals surface area contributed by atoms with Gasteiger partial charge in [-0.2, -0.15) is 0 Å². The van der Waals surface area contributed by atoms with E-state index in [1.807, 2.05) is 0 Å². The average molecular weight is 426 g/mol. The predicted octanol–water partition coefficient (Wildman–Crippen LogP) is 3.48. The summed E-state index contributed by atoms with van der Waals surface area (Å²) in [6.45, 7) is 5.79. The molecule has 1 aliphatic rings. The van der Waals surface area contributed by atoms with E-state index in [1.54, 1.807) is 25.7 Å². The summed E-state index contributed by atoms with van der Waals surface area (Å²) in [6.07, 6.45) is 1.41. The van der Waals surface area contributed by atoms with Gasteiger partial charge in [0.1, 0.15) is 5.60 Å². The third kappa shape index (κ3) is 6.57. The lowest BCUT2D eigenvalue weighted by molar-refractivity contribution is -0.386. The van der Waals surface area contributed by atoms with Crippen LogP contribution in [0.4, 0.5) is 14.9 Å². The number of likely N-dealkylation sites (tertiary alicyclic amines) is 1. The molecule has 1 amide bonds. The van der Waals surface area contributed by atoms with E-state index in [0.717, 1.165) is 7.11 Å². The Morgan fingerprint density at radius 1 is 1.27 bits per heavy atom. The number of piperidine rings is 1. The van der Waals surface area contributed by atoms with Gasteiger partial charge in [0, 0.05) is 19.2 Å². The van der Waals surface area contributed by atoms with Crippen molar-refractivity contribution in [3.05, 3.63) is 33.6 Å². The van der Waals surface area contributed by atoms with Crippen molar-refractivity contribution in [3.8, 4) is 5.75 Å². The normalized spacial score (nSPS) is 14.9. The zero-order chi connectivity index (χ0) is 22.5. The lowest BCUT2D eigenvalue weighted by atomic mass is 9.90. The van der Waals surface area contributed by atoms with E-state index in [9.17, 15) is 24.1 Å². The number of amides is 1. The fourth-order valence-electron chi connectivity index (χ4n) is 3.20. The van der Waals surface area contributed by atoms with Crippen LogP contribution in [-0.4, -0.2) is 54.3 Å². The number of nitrogens with zero attached hydrogens (tertiary/aromatic N) is 2. The monoisotopic (exact) mass is 426 g/mol. The Bertz CT molecular complexity index is 799. The highest BCUT2D eigenvalue weighted by atomic mass is 19.1. The maximum atomic E-state index is 14.5. The molecule has 0 radical (unpaired) electrons. The number of halogens is 1. The van der Waals surface area contributed by atoms with Gasteiger partial charge in [-0.05, 0) is 57.6 Å². The summed E-state index contributed by atoms with van der Waals surface area (Å²) in [4.78, 5) is 35.6. The molecule has 0 atom stereocenters. The van der Waals surface area contributed by atoms with E-state index in [0.29, 0.717) is 37.9 Å². The number of nitro benzene ring substituents is 1. The minimum Gasteiger partial charge on any atom is -0.473 e. The van der Waals surface area contributed by atoms with Crippen LogP contribution in [0.15, 0.2) is 12.1 Å². The molecule has 1 aromatic carbocycles. The number of hydrogen-bond acceptors (Lipinski definition) is 7. The van der Waals surface area contributed by atoms with Gasteiger partial charge < -0.3 is 19.1 Å². The van der Waals surface area contributed by atoms with E-state index in [2.05, 4.69) is 4.74 Å². The summed E-state index contributed by atoms with van der Waals surface area (Å²) < 4.78 is 29.2. The topological polar surface area (TPSA) is 108 Å². The Labute approximate surface area is 174 Å². The molecule has 9 nitrogen and oxygen atoms in total. The number of hydrogen-bond donors (Lipinski definition) is 0. The van der Waals surface area contributed by atoms with E-state index < -0.39 is 40.4 Å². The highest BCUT2D eigenvalue weighted by Crippen LogP contribution is 2.33. The maximum Gasteiger partial charge on any atom is 0.410 e. The molecular formula is C20H27FN2O7. The first-order valence-corrected chi connectivity index (χ1v) is 9.64. The summed E-state index contributed by atoms with van der Waals surface area (Å²) in [7, 11) is 1.13. The number of methoxy groups -OCH3 is 1. The molecule has 0 unspecified atom stereocenters. The fraction of sp³-hybridized carbons (Fsp3) is 0.600. The quantitative estimate of drug-likeness (QED) is 0.389. The van der Waals surface area contributed by atoms with Crippen molar-refractivity contribution in [1.82, 2.24) is 4.90 Å². The number of nitro groups is 1. The van der Waals surface area contributed by atoms with Crippen molar-refractivity contribution in [2.75, 3.05) is 26.8 Å². The molecular weight excluding hydrogens is 399 g/mol. The van der Waals surface area contributed by atoms with Crippen LogP contribution in [0.1, 0.15) is 39.2 Å². The van der Waals surface area contributed by atoms with Gasteiger partial charge in [-0.15, -0.1) is 0 Å². The average Bonchev–Trinajstić information content (AvgIpc) is 2.65. The molecule has 0 saturated carbocycles. The molecule has 1 aromatic rings. The Kier molecular flexibility index (Phi) is 7.58. The first-order chi connectivity index (χ1) is 14.0. The summed E-state index contributed by atoms with van der Waals surface area (Å²) in [5.41, 5.74) is -0.650. The first kappa shape index (κ1) is 23.4. The fourth-order valence-corrected chi connectivity index (χ4v) is 3.20. The largest absolute Gasteiger partial charge is 0.473 e. The van der Waals surface area contributed by atoms with E-state index in [1.165, 1.54) is 12.1 Å². The van der Waals surface area contributed by atoms with Crippen LogP contribution in [0, 0.1) is 21.8 Å². The summed E-state index contributed by atoms with van der Waals surface area (Å²) in [5.74, 6) is -2.13. The molecule has 0 bridgehead atoms. The van der Waals surface area contributed by atoms with Crippen molar-refractivity contribution >= 4 is 17.7 Å². The number of ether oxygens (including phenoxy) is 3. The zero-order valence-electron chi connectivity index (χ0n) is 17.6. The molecule has 30 heavy (non-hydrogen) atoms. The van der Waals surface area contributed by atoms with Gasteiger partial charge in [0.2, 0.25) is 5.75 Å². The molecule has 1 fully saturated rings. The SMILES string of the molecule is COC(=O)COc1c(F)cc(CC2CCN(C(=O)OC(C)(C)C)CC2)cc1[N+](=O)[O-]. The second-order valence-corrected chi connectivity index (χ2v) is 8.16. The second-order valence-electron chi connectivity index (χ2n) is 8.16. The van der Waals surface area contributed by atoms with Crippen molar-refractivity contribution < 1.29 is 33.1 Å². The number of benzene rings is 1. The zero-order valence-corrected chi connectivity index (χ0v) is 17.6. The first-order valence-electron chi connectivity index (χ1n) is 9.64. The summed E-state index contributed by atoms with van der Waals surface area (Å²) >= 11 is 0. The van der Waals surface area contributed by atoms with Crippen molar-refractivity contribution in [1.29, 1.82) is 0 Å². The Morgan fingerprint density at radius 2 is 1.90 bits per heavy atom. The number of carbonyl (C=O) groups excluding carboxylic acids is 2. The number of esters is 1. The van der Waals surface area contributed by atoms with Crippen LogP contribution in [0.3, 0.4) is 0 Å². The Balaban J connectivity index is 2.03. The number of rotatable bonds is 6. The van der Waals surface area contributed by atoms with Crippen molar-refractivity contribution in [3.63, 3.8) is 0 Å². The van der Waals surface area contributed by atoms with E-state index >= 15 is 0 Å². The van der Waals surface area contributed by atoms with Crippen LogP contribution in [0.5, 0.6) is 5.75 Å². The van der Waals surface area contributed by atoms with Crippen LogP contribution >= 0.6 is 0 Å². The molecule has 1 heterocycles. The van der Waals surface area contributed by atoms with Gasteiger partial charge in [-0.1, -0.05) is 0 Å². The maximum absolute atomic E-state index is 14.5. The molecule has 0 aliphatic carbocycles. The minimum absolute atomic E-state index is 0.143. The van der Waals surface area contributed by atoms with E-state index in [-0.39, 0.29) is 12.0 Å². The predicted molar refractivity (Wildman–Crippen MR) is 105 cm³/mol. The lowest BCUT2D eigenvalue weighted by Crippen LogP contribution is -2.42. The van der Waals surface area contributed by atoms with Gasteiger partial charge in [0.15, 0.2) is 12.4 Å². The molecule has 166 valence electrons. The highest BCUT2D eigenvalue weighted by molar-refractivity contribution is 5.71. The van der Waals surface area contributed by atoms with Gasteiger partial charge in [0.05, 0.1) is 12.0 Å². The molecule has 2 rings (SSSR count). The molecule has 10 heteroatoms. The van der Waals surface area contributed by atoms with Gasteiger partial charge >= 0.3 is 17.7 Å². The summed E-state index contributed by atoms with van der Waals surface area (Å²) in [5, 5.41) is 11.3. The summed E-state index contributed by atoms with van der Waals surface area (Å²) in [6, 6.07) is 2.44. The van der Waals surface area contributed by atoms with Crippen LogP contribution in [-0.2, 0) is 20.7 Å². The third-order valence-corrected chi connectivity index (χ3v) is 4.63. The van der Waals surface area contributed by atoms with Gasteiger partial charge in [-0.3, -0.25) is 10.1 Å². The van der Waals surface area contributed by atoms with Gasteiger partial charge in [-0.25, -0.2) is 14.0 Å². The third-order valence-electron chi connectivity index (χ3n) is 4.63. The van der Waals surface area contributed by atoms with Gasteiger partial charge in [0.25, 0.3) is 0 Å². The minimum atomic E-state index is -0.908. The standard InChI is InChI=1S/C20H27FN2O7/c1-20(2,3)30-19(25)22-7-5-13(6-8-22)9-14-10-15(21)18(16(11-14)23(26)27)29-12-17(24)28-4/h10-11,13H,5-9,12H2,1-4H3. The van der Waals surface area contributed by atoms with E-state index in [4.69, 9.17) is 9.47 Å². The highest BCUT2D eigenvalue weighted by Gasteiger charge is 2.28. The van der Waals surface area contributed by atoms with Crippen LogP contribution in [0.25, 0.3) is 0 Å². The Hall–Kier alpha value is -2.91. The molecule has 0 N–H and O–H groups in total. The van der Waals surface area contributed by atoms with Crippen LogP contribution < -0.4 is 4.74 Å². The number of carbonyl (C=O) groups is 2. The smallest absolute Gasteiger partial charge is 0.410 e.